The number of anilines is 2. The number of aromatic nitrogens is 2. The van der Waals surface area contributed by atoms with Crippen LogP contribution in [0.25, 0.3) is 10.9 Å². The van der Waals surface area contributed by atoms with E-state index in [4.69, 9.17) is 16.9 Å². The van der Waals surface area contributed by atoms with Gasteiger partial charge in [-0.2, -0.15) is 0 Å². The standard InChI is InChI=1S/C45H53N9O18S2/c1-3-14-54(22-23-5-10-28-26(18-23)39(64)53-45(46)52-28)25-8-6-24(7-9-25)38(63)49-29(44(70)71)11-12-37(62)72-15-17-74-73-16-13-33(55)47-30(19-34(56)57)40(65)50-32(21-36(60)61)42(67)51-31(20-35(58)59)41(66)48-27(4-2)43(68)69/h1,5-10,18,27,29-32H,4,11-17,19-22H2,2H3,(H,47,55)(H,48,66)(H,49,63)(H,50,65)(H,51,67)(H,56,57)(H,58,59)(H,60,61)(H,68,69)(H,70,71)(H3,46,52,53,64)/t27-,29?,30-,31-,32-/m0/s1. The Morgan fingerprint density at radius 2 is 1.27 bits per heavy atom. The average Bonchev–Trinajstić information content (AvgIpc) is 3.32. The Balaban J connectivity index is 1.44. The normalized spacial score (nSPS) is 12.8. The molecule has 13 N–H and O–H groups in total. The second kappa shape index (κ2) is 29.8. The third-order valence-electron chi connectivity index (χ3n) is 10.2. The zero-order chi connectivity index (χ0) is 55.1. The Bertz CT molecular complexity index is 2680. The second-order valence-electron chi connectivity index (χ2n) is 15.8. The molecule has 0 bridgehead atoms. The van der Waals surface area contributed by atoms with E-state index in [-0.39, 0.29) is 68.4 Å². The largest absolute Gasteiger partial charge is 0.481 e. The summed E-state index contributed by atoms with van der Waals surface area (Å²) in [4.78, 5) is 156. The molecular weight excluding hydrogens is 1020 g/mol. The Hall–Kier alpha value is -8.39. The van der Waals surface area contributed by atoms with Crippen molar-refractivity contribution in [1.82, 2.24) is 36.6 Å². The minimum Gasteiger partial charge on any atom is -0.481 e. The molecule has 5 atom stereocenters. The molecule has 0 spiro atoms. The first-order valence-electron chi connectivity index (χ1n) is 22.1. The van der Waals surface area contributed by atoms with Gasteiger partial charge in [-0.25, -0.2) is 14.6 Å². The van der Waals surface area contributed by atoms with Gasteiger partial charge >= 0.3 is 35.8 Å². The van der Waals surface area contributed by atoms with Crippen molar-refractivity contribution in [2.24, 2.45) is 0 Å². The van der Waals surface area contributed by atoms with Crippen LogP contribution >= 0.6 is 21.6 Å². The fourth-order valence-electron chi connectivity index (χ4n) is 6.54. The molecule has 398 valence electrons. The van der Waals surface area contributed by atoms with E-state index in [0.29, 0.717) is 16.6 Å². The van der Waals surface area contributed by atoms with E-state index in [1.807, 2.05) is 20.9 Å². The number of esters is 1. The molecule has 1 heterocycles. The summed E-state index contributed by atoms with van der Waals surface area (Å²) < 4.78 is 5.15. The fourth-order valence-corrected chi connectivity index (χ4v) is 8.36. The quantitative estimate of drug-likeness (QED) is 0.0159. The zero-order valence-electron chi connectivity index (χ0n) is 39.3. The molecule has 0 aliphatic heterocycles. The number of carboxylic acids is 5. The van der Waals surface area contributed by atoms with Crippen LogP contribution in [0, 0.1) is 12.3 Å². The minimum absolute atomic E-state index is 0.0159. The number of aliphatic carboxylic acids is 5. The number of H-pyrrole nitrogens is 1. The number of amides is 5. The fraction of sp³-hybridized carbons (Fsp3) is 0.400. The number of carbonyl (C=O) groups is 11. The van der Waals surface area contributed by atoms with Gasteiger partial charge in [0, 0.05) is 42.1 Å². The van der Waals surface area contributed by atoms with E-state index in [2.05, 4.69) is 26.5 Å². The summed E-state index contributed by atoms with van der Waals surface area (Å²) >= 11 is 0. The van der Waals surface area contributed by atoms with Crippen LogP contribution in [-0.4, -0.2) is 156 Å². The van der Waals surface area contributed by atoms with Crippen molar-refractivity contribution in [3.8, 4) is 12.3 Å². The number of ether oxygens (including phenoxy) is 1. The third-order valence-corrected chi connectivity index (χ3v) is 12.6. The molecule has 0 saturated heterocycles. The first-order chi connectivity index (χ1) is 35.0. The SMILES string of the molecule is C#CCN(Cc1ccc2nc(N)[nH]c(=O)c2c1)c1ccc(C(=O)NC(CCC(=O)OCCSSCCC(=O)N[C@@H](CC(=O)O)C(=O)N[C@@H](CC(=O)O)C(=O)N[C@@H](CC(=O)O)C(=O)N[C@@H](CC)C(=O)O)C(=O)O)cc1. The Morgan fingerprint density at radius 1 is 0.730 bits per heavy atom. The van der Waals surface area contributed by atoms with Crippen LogP contribution < -0.4 is 42.8 Å². The summed E-state index contributed by atoms with van der Waals surface area (Å²) in [6.45, 7) is 1.72. The van der Waals surface area contributed by atoms with Crippen molar-refractivity contribution >= 4 is 109 Å². The first-order valence-corrected chi connectivity index (χ1v) is 24.6. The van der Waals surface area contributed by atoms with Crippen LogP contribution in [0.2, 0.25) is 0 Å². The van der Waals surface area contributed by atoms with E-state index in [1.54, 1.807) is 30.3 Å². The number of nitrogens with zero attached hydrogens (tertiary/aromatic N) is 2. The van der Waals surface area contributed by atoms with Gasteiger partial charge in [-0.3, -0.25) is 52.9 Å². The van der Waals surface area contributed by atoms with Crippen molar-refractivity contribution < 1.29 is 83.0 Å². The van der Waals surface area contributed by atoms with Crippen molar-refractivity contribution in [3.63, 3.8) is 0 Å². The van der Waals surface area contributed by atoms with E-state index < -0.39 is 120 Å². The molecule has 74 heavy (non-hydrogen) atoms. The van der Waals surface area contributed by atoms with E-state index >= 15 is 0 Å². The van der Waals surface area contributed by atoms with Gasteiger partial charge in [0.25, 0.3) is 11.5 Å². The second-order valence-corrected chi connectivity index (χ2v) is 18.5. The van der Waals surface area contributed by atoms with Crippen LogP contribution in [0.4, 0.5) is 11.6 Å². The van der Waals surface area contributed by atoms with Gasteiger partial charge in [-0.15, -0.1) is 6.42 Å². The van der Waals surface area contributed by atoms with Gasteiger partial charge in [0.15, 0.2) is 0 Å². The lowest BCUT2D eigenvalue weighted by molar-refractivity contribution is -0.145. The van der Waals surface area contributed by atoms with Gasteiger partial charge < -0.3 is 67.5 Å². The molecular formula is C45H53N9O18S2. The predicted octanol–water partition coefficient (Wildman–Crippen LogP) is -0.719. The minimum atomic E-state index is -2.03. The number of carboxylic acid groups (broad SMARTS) is 5. The zero-order valence-corrected chi connectivity index (χ0v) is 41.0. The summed E-state index contributed by atoms with van der Waals surface area (Å²) in [5.41, 5.74) is 7.12. The smallest absolute Gasteiger partial charge is 0.326 e. The van der Waals surface area contributed by atoms with Crippen molar-refractivity contribution in [2.75, 3.05) is 35.3 Å². The summed E-state index contributed by atoms with van der Waals surface area (Å²) in [7, 11) is 2.28. The van der Waals surface area contributed by atoms with Crippen LogP contribution in [0.5, 0.6) is 0 Å². The Morgan fingerprint density at radius 3 is 1.80 bits per heavy atom. The van der Waals surface area contributed by atoms with Gasteiger partial charge in [0.2, 0.25) is 29.6 Å². The van der Waals surface area contributed by atoms with Gasteiger partial charge in [0.1, 0.15) is 36.8 Å². The number of rotatable bonds is 32. The lowest BCUT2D eigenvalue weighted by atomic mass is 10.1. The maximum absolute atomic E-state index is 13.1. The molecule has 0 saturated carbocycles. The molecule has 0 radical (unpaired) electrons. The number of aromatic amines is 1. The van der Waals surface area contributed by atoms with Crippen molar-refractivity contribution in [1.29, 1.82) is 0 Å². The third kappa shape index (κ3) is 20.4. The first kappa shape index (κ1) is 59.9. The van der Waals surface area contributed by atoms with E-state index in [1.165, 1.54) is 19.1 Å². The molecule has 0 fully saturated rings. The molecule has 1 aromatic heterocycles. The number of terminal acetylenes is 1. The molecule has 0 aliphatic carbocycles. The molecule has 29 heteroatoms. The number of carbonyl (C=O) groups excluding carboxylic acids is 6. The van der Waals surface area contributed by atoms with E-state index in [9.17, 15) is 83.1 Å². The number of nitrogens with two attached hydrogens (primary N) is 1. The Labute approximate surface area is 427 Å². The predicted molar refractivity (Wildman–Crippen MR) is 264 cm³/mol. The molecule has 5 amide bonds. The van der Waals surface area contributed by atoms with Crippen molar-refractivity contribution in [3.05, 3.63) is 63.9 Å². The maximum Gasteiger partial charge on any atom is 0.326 e. The highest BCUT2D eigenvalue weighted by Crippen LogP contribution is 2.22. The lowest BCUT2D eigenvalue weighted by Gasteiger charge is -2.24. The molecule has 2 aromatic carbocycles. The number of nitrogen functional groups attached to an aromatic ring is 1. The number of benzene rings is 2. The summed E-state index contributed by atoms with van der Waals surface area (Å²) in [6, 6.07) is 2.52. The monoisotopic (exact) mass is 1070 g/mol. The number of hydrogen-bond donors (Lipinski definition) is 12. The molecule has 0 aliphatic rings. The molecule has 1 unspecified atom stereocenters. The average molecular weight is 1070 g/mol. The van der Waals surface area contributed by atoms with Crippen LogP contribution in [0.3, 0.4) is 0 Å². The number of hydrogen-bond acceptors (Lipinski definition) is 18. The van der Waals surface area contributed by atoms with Gasteiger partial charge in [0.05, 0.1) is 36.7 Å². The summed E-state index contributed by atoms with van der Waals surface area (Å²) in [5, 5.41) is 57.8. The van der Waals surface area contributed by atoms with E-state index in [0.717, 1.165) is 27.2 Å². The maximum atomic E-state index is 13.1. The van der Waals surface area contributed by atoms with Gasteiger partial charge in [-0.05, 0) is 54.8 Å². The molecule has 3 aromatic rings. The number of nitrogens with one attached hydrogen (secondary N) is 6. The highest BCUT2D eigenvalue weighted by molar-refractivity contribution is 8.76. The molecule has 3 rings (SSSR count). The Kier molecular flexibility index (Phi) is 24.2. The summed E-state index contributed by atoms with van der Waals surface area (Å²) in [6.07, 6.45) is 1.26. The highest BCUT2D eigenvalue weighted by Gasteiger charge is 2.34. The summed E-state index contributed by atoms with van der Waals surface area (Å²) in [5.74, 6) is -11.2. The van der Waals surface area contributed by atoms with Crippen molar-refractivity contribution in [2.45, 2.75) is 88.6 Å². The number of fused-ring (bicyclic) bond motifs is 1. The van der Waals surface area contributed by atoms with Crippen LogP contribution in [0.15, 0.2) is 47.3 Å². The van der Waals surface area contributed by atoms with Gasteiger partial charge in [-0.1, -0.05) is 40.5 Å². The van der Waals surface area contributed by atoms with Crippen LogP contribution in [-0.2, 0) is 59.2 Å². The molecule has 27 nitrogen and oxygen atoms in total. The highest BCUT2D eigenvalue weighted by atomic mass is 33.1. The topological polar surface area (TPSA) is 433 Å². The van der Waals surface area contributed by atoms with Crippen LogP contribution in [0.1, 0.15) is 67.8 Å². The lowest BCUT2D eigenvalue weighted by Crippen LogP contribution is -2.58.